The van der Waals surface area contributed by atoms with Crippen molar-refractivity contribution in [3.8, 4) is 5.75 Å². The minimum atomic E-state index is 0.639. The highest BCUT2D eigenvalue weighted by molar-refractivity contribution is 7.10. The van der Waals surface area contributed by atoms with Crippen LogP contribution in [-0.4, -0.2) is 44.7 Å². The van der Waals surface area contributed by atoms with Crippen molar-refractivity contribution in [3.05, 3.63) is 51.7 Å². The maximum absolute atomic E-state index is 5.78. The molecule has 0 atom stereocenters. The summed E-state index contributed by atoms with van der Waals surface area (Å²) in [5.41, 5.74) is 2.49. The van der Waals surface area contributed by atoms with Crippen molar-refractivity contribution in [2.75, 3.05) is 33.8 Å². The molecule has 2 N–H and O–H groups in total. The average Bonchev–Trinajstić information content (AvgIpc) is 3.07. The Balaban J connectivity index is 1.82. The Labute approximate surface area is 167 Å². The molecular formula is C21H32N4OS. The highest BCUT2D eigenvalue weighted by Gasteiger charge is 2.02. The van der Waals surface area contributed by atoms with Crippen molar-refractivity contribution in [3.63, 3.8) is 0 Å². The van der Waals surface area contributed by atoms with Crippen molar-refractivity contribution in [2.24, 2.45) is 4.99 Å². The van der Waals surface area contributed by atoms with Crippen LogP contribution in [0.5, 0.6) is 5.75 Å². The zero-order chi connectivity index (χ0) is 19.5. The third kappa shape index (κ3) is 8.01. The van der Waals surface area contributed by atoms with Gasteiger partial charge in [0.15, 0.2) is 5.96 Å². The number of nitrogens with zero attached hydrogens (tertiary/aromatic N) is 2. The highest BCUT2D eigenvalue weighted by atomic mass is 32.1. The second kappa shape index (κ2) is 11.6. The maximum Gasteiger partial charge on any atom is 0.191 e. The highest BCUT2D eigenvalue weighted by Crippen LogP contribution is 2.15. The van der Waals surface area contributed by atoms with Crippen molar-refractivity contribution in [1.82, 2.24) is 15.5 Å². The normalized spacial score (nSPS) is 11.7. The summed E-state index contributed by atoms with van der Waals surface area (Å²) >= 11 is 1.77. The van der Waals surface area contributed by atoms with Gasteiger partial charge in [0, 0.05) is 18.0 Å². The molecule has 0 saturated carbocycles. The van der Waals surface area contributed by atoms with E-state index in [-0.39, 0.29) is 0 Å². The third-order valence-corrected chi connectivity index (χ3v) is 5.11. The van der Waals surface area contributed by atoms with Crippen LogP contribution in [0.4, 0.5) is 0 Å². The van der Waals surface area contributed by atoms with Crippen LogP contribution < -0.4 is 15.4 Å². The summed E-state index contributed by atoms with van der Waals surface area (Å²) in [6.07, 6.45) is 1.03. The number of thiophene rings is 1. The first-order valence-electron chi connectivity index (χ1n) is 9.50. The molecule has 0 amide bonds. The van der Waals surface area contributed by atoms with Crippen LogP contribution in [0, 0.1) is 6.92 Å². The van der Waals surface area contributed by atoms with Gasteiger partial charge in [0.25, 0.3) is 0 Å². The zero-order valence-corrected chi connectivity index (χ0v) is 17.7. The van der Waals surface area contributed by atoms with Gasteiger partial charge in [-0.15, -0.1) is 11.3 Å². The Morgan fingerprint density at radius 3 is 2.56 bits per heavy atom. The van der Waals surface area contributed by atoms with E-state index in [1.54, 1.807) is 11.3 Å². The molecule has 1 heterocycles. The van der Waals surface area contributed by atoms with Gasteiger partial charge in [0.2, 0.25) is 0 Å². The molecule has 5 nitrogen and oxygen atoms in total. The van der Waals surface area contributed by atoms with Crippen LogP contribution in [0.3, 0.4) is 0 Å². The second-order valence-corrected chi connectivity index (χ2v) is 7.73. The third-order valence-electron chi connectivity index (χ3n) is 4.09. The van der Waals surface area contributed by atoms with Gasteiger partial charge >= 0.3 is 0 Å². The van der Waals surface area contributed by atoms with E-state index in [1.807, 2.05) is 12.1 Å². The molecule has 148 valence electrons. The van der Waals surface area contributed by atoms with Crippen LogP contribution in [0.1, 0.15) is 29.3 Å². The lowest BCUT2D eigenvalue weighted by Crippen LogP contribution is -2.36. The molecular weight excluding hydrogens is 356 g/mol. The summed E-state index contributed by atoms with van der Waals surface area (Å²) in [4.78, 5) is 8.20. The fourth-order valence-electron chi connectivity index (χ4n) is 2.52. The van der Waals surface area contributed by atoms with Crippen LogP contribution >= 0.6 is 11.3 Å². The summed E-state index contributed by atoms with van der Waals surface area (Å²) in [5, 5.41) is 8.84. The number of guanidine groups is 1. The number of hydrogen-bond donors (Lipinski definition) is 2. The Hall–Kier alpha value is -2.05. The topological polar surface area (TPSA) is 48.9 Å². The summed E-state index contributed by atoms with van der Waals surface area (Å²) < 4.78 is 5.78. The molecule has 0 fully saturated rings. The number of benzene rings is 1. The number of ether oxygens (including phenoxy) is 1. The summed E-state index contributed by atoms with van der Waals surface area (Å²) in [6, 6.07) is 10.4. The second-order valence-electron chi connectivity index (χ2n) is 6.72. The van der Waals surface area contributed by atoms with E-state index in [1.165, 1.54) is 16.0 Å². The molecule has 0 aliphatic carbocycles. The van der Waals surface area contributed by atoms with E-state index in [0.717, 1.165) is 44.4 Å². The van der Waals surface area contributed by atoms with Gasteiger partial charge in [-0.05, 0) is 69.1 Å². The van der Waals surface area contributed by atoms with E-state index < -0.39 is 0 Å². The van der Waals surface area contributed by atoms with Crippen molar-refractivity contribution < 1.29 is 4.74 Å². The van der Waals surface area contributed by atoms with Gasteiger partial charge in [0.05, 0.1) is 19.7 Å². The van der Waals surface area contributed by atoms with Crippen LogP contribution in [0.2, 0.25) is 0 Å². The number of hydrogen-bond acceptors (Lipinski definition) is 4. The summed E-state index contributed by atoms with van der Waals surface area (Å²) in [7, 11) is 4.15. The predicted octanol–water partition coefficient (Wildman–Crippen LogP) is 3.64. The van der Waals surface area contributed by atoms with E-state index in [4.69, 9.17) is 9.73 Å². The first-order valence-corrected chi connectivity index (χ1v) is 10.4. The fraction of sp³-hybridized carbons (Fsp3) is 0.476. The Kier molecular flexibility index (Phi) is 9.15. The molecule has 0 saturated heterocycles. The Morgan fingerprint density at radius 2 is 1.93 bits per heavy atom. The minimum Gasteiger partial charge on any atom is -0.494 e. The number of aliphatic imine (C=N–C) groups is 1. The van der Waals surface area contributed by atoms with Gasteiger partial charge in [-0.1, -0.05) is 12.1 Å². The van der Waals surface area contributed by atoms with Crippen molar-refractivity contribution in [1.29, 1.82) is 0 Å². The average molecular weight is 389 g/mol. The van der Waals surface area contributed by atoms with E-state index in [9.17, 15) is 0 Å². The molecule has 6 heteroatoms. The molecule has 0 bridgehead atoms. The Bertz CT molecular complexity index is 694. The van der Waals surface area contributed by atoms with Crippen molar-refractivity contribution >= 4 is 17.3 Å². The van der Waals surface area contributed by atoms with Crippen LogP contribution in [0.25, 0.3) is 0 Å². The molecule has 1 aromatic carbocycles. The van der Waals surface area contributed by atoms with E-state index in [0.29, 0.717) is 6.54 Å². The fourth-order valence-corrected chi connectivity index (χ4v) is 3.37. The predicted molar refractivity (Wildman–Crippen MR) is 116 cm³/mol. The van der Waals surface area contributed by atoms with Gasteiger partial charge in [-0.25, -0.2) is 4.99 Å². The largest absolute Gasteiger partial charge is 0.494 e. The molecule has 0 aliphatic heterocycles. The molecule has 27 heavy (non-hydrogen) atoms. The lowest BCUT2D eigenvalue weighted by Gasteiger charge is -2.12. The standard InChI is InChI=1S/C21H32N4OS/c1-5-22-21(24-16-20-17(2)11-14-27-20)23-15-18-7-9-19(10-8-18)26-13-6-12-25(3)4/h7-11,14H,5-6,12-13,15-16H2,1-4H3,(H2,22,23,24). The van der Waals surface area contributed by atoms with Gasteiger partial charge in [-0.3, -0.25) is 0 Å². The van der Waals surface area contributed by atoms with Crippen LogP contribution in [-0.2, 0) is 13.1 Å². The smallest absolute Gasteiger partial charge is 0.191 e. The molecule has 0 unspecified atom stereocenters. The Morgan fingerprint density at radius 1 is 1.15 bits per heavy atom. The summed E-state index contributed by atoms with van der Waals surface area (Å²) in [5.74, 6) is 1.76. The van der Waals surface area contributed by atoms with E-state index >= 15 is 0 Å². The van der Waals surface area contributed by atoms with Crippen LogP contribution in [0.15, 0.2) is 40.7 Å². The molecule has 0 radical (unpaired) electrons. The molecule has 0 spiro atoms. The first kappa shape index (κ1) is 21.3. The zero-order valence-electron chi connectivity index (χ0n) is 16.9. The lowest BCUT2D eigenvalue weighted by molar-refractivity contribution is 0.281. The summed E-state index contributed by atoms with van der Waals surface area (Å²) in [6.45, 7) is 8.28. The molecule has 2 aromatic rings. The lowest BCUT2D eigenvalue weighted by atomic mass is 10.2. The molecule has 1 aromatic heterocycles. The number of rotatable bonds is 10. The van der Waals surface area contributed by atoms with Crippen molar-refractivity contribution in [2.45, 2.75) is 33.4 Å². The van der Waals surface area contributed by atoms with Gasteiger partial charge < -0.3 is 20.3 Å². The van der Waals surface area contributed by atoms with Gasteiger partial charge in [0.1, 0.15) is 5.75 Å². The first-order chi connectivity index (χ1) is 13.1. The van der Waals surface area contributed by atoms with Gasteiger partial charge in [-0.2, -0.15) is 0 Å². The SMILES string of the molecule is CCNC(=NCc1ccc(OCCCN(C)C)cc1)NCc1sccc1C. The molecule has 2 rings (SSSR count). The number of aryl methyl sites for hydroxylation is 1. The maximum atomic E-state index is 5.78. The quantitative estimate of drug-likeness (QED) is 0.371. The minimum absolute atomic E-state index is 0.639. The molecule has 0 aliphatic rings. The number of nitrogens with one attached hydrogen (secondary N) is 2. The van der Waals surface area contributed by atoms with E-state index in [2.05, 4.69) is 67.1 Å². The monoisotopic (exact) mass is 388 g/mol.